The molecule has 0 saturated carbocycles. The maximum atomic E-state index is 6.16. The summed E-state index contributed by atoms with van der Waals surface area (Å²) in [7, 11) is 0. The molecule has 0 spiro atoms. The van der Waals surface area contributed by atoms with E-state index in [9.17, 15) is 0 Å². The fourth-order valence-electron chi connectivity index (χ4n) is 1.44. The average molecular weight is 442 g/mol. The van der Waals surface area contributed by atoms with Crippen molar-refractivity contribution in [1.29, 1.82) is 0 Å². The Bertz CT molecular complexity index is 733. The smallest absolute Gasteiger partial charge is 0.0805 e. The van der Waals surface area contributed by atoms with Gasteiger partial charge in [0.2, 0.25) is 0 Å². The molecule has 9 heteroatoms. The topological polar surface area (TPSA) is 26.0 Å². The molecule has 0 aliphatic carbocycles. The van der Waals surface area contributed by atoms with E-state index < -0.39 is 0 Å². The zero-order valence-corrected chi connectivity index (χ0v) is 15.9. The number of hydrogen-bond acceptors (Lipinski definition) is 2. The fraction of sp³-hybridized carbons (Fsp3) is 0. The Balaban J connectivity index is 2.56. The first-order valence-electron chi connectivity index (χ1n) is 5.17. The van der Waals surface area contributed by atoms with E-state index in [1.165, 1.54) is 17.8 Å². The van der Waals surface area contributed by atoms with Gasteiger partial charge in [0.15, 0.2) is 0 Å². The molecular weight excluding hydrogens is 438 g/mol. The van der Waals surface area contributed by atoms with Crippen LogP contribution in [0.2, 0.25) is 35.2 Å². The van der Waals surface area contributed by atoms with Gasteiger partial charge in [-0.05, 0) is 12.1 Å². The largest absolute Gasteiger partial charge is 0.398 e. The molecule has 0 heterocycles. The van der Waals surface area contributed by atoms with Crippen molar-refractivity contribution in [2.75, 3.05) is 5.73 Å². The van der Waals surface area contributed by atoms with Crippen molar-refractivity contribution in [3.63, 3.8) is 0 Å². The van der Waals surface area contributed by atoms with Crippen molar-refractivity contribution >= 4 is 98.7 Å². The van der Waals surface area contributed by atoms with Gasteiger partial charge in [0.1, 0.15) is 0 Å². The highest BCUT2D eigenvalue weighted by Gasteiger charge is 2.19. The van der Waals surface area contributed by atoms with E-state index in [-0.39, 0.29) is 35.2 Å². The number of hydrogen-bond donors (Lipinski definition) is 1. The second-order valence-corrected chi connectivity index (χ2v) is 7.56. The van der Waals surface area contributed by atoms with Crippen LogP contribution in [0.25, 0.3) is 0 Å². The Morgan fingerprint density at radius 1 is 0.667 bits per heavy atom. The Morgan fingerprint density at radius 3 is 1.81 bits per heavy atom. The lowest BCUT2D eigenvalue weighted by atomic mass is 10.3. The third kappa shape index (κ3) is 3.59. The van der Waals surface area contributed by atoms with Crippen LogP contribution >= 0.6 is 93.0 Å². The quantitative estimate of drug-likeness (QED) is 0.290. The Labute approximate surface area is 160 Å². The third-order valence-electron chi connectivity index (χ3n) is 2.43. The van der Waals surface area contributed by atoms with Gasteiger partial charge in [0.05, 0.1) is 40.1 Å². The van der Waals surface area contributed by atoms with Crippen LogP contribution in [0, 0.1) is 0 Å². The van der Waals surface area contributed by atoms with Crippen LogP contribution < -0.4 is 5.73 Å². The second-order valence-electron chi connectivity index (χ2n) is 3.81. The molecule has 0 saturated heterocycles. The highest BCUT2D eigenvalue weighted by Crippen LogP contribution is 2.49. The predicted molar refractivity (Wildman–Crippen MR) is 96.5 cm³/mol. The highest BCUT2D eigenvalue weighted by atomic mass is 35.5. The van der Waals surface area contributed by atoms with Gasteiger partial charge in [-0.2, -0.15) is 0 Å². The average Bonchev–Trinajstić information content (AvgIpc) is 2.44. The number of rotatable bonds is 2. The number of halogens is 7. The van der Waals surface area contributed by atoms with E-state index in [1.807, 2.05) is 0 Å². The van der Waals surface area contributed by atoms with Crippen LogP contribution in [-0.4, -0.2) is 0 Å². The van der Waals surface area contributed by atoms with Gasteiger partial charge in [0.25, 0.3) is 0 Å². The molecule has 2 aromatic carbocycles. The minimum absolute atomic E-state index is 0.156. The first kappa shape index (κ1) is 18.0. The van der Waals surface area contributed by atoms with Crippen molar-refractivity contribution in [3.05, 3.63) is 47.3 Å². The molecule has 2 rings (SSSR count). The van der Waals surface area contributed by atoms with Crippen LogP contribution in [-0.2, 0) is 0 Å². The first-order chi connectivity index (χ1) is 9.73. The fourth-order valence-corrected chi connectivity index (χ4v) is 4.22. The van der Waals surface area contributed by atoms with Gasteiger partial charge in [-0.3, -0.25) is 0 Å². The molecule has 0 fully saturated rings. The van der Waals surface area contributed by atoms with Gasteiger partial charge in [0, 0.05) is 10.6 Å². The van der Waals surface area contributed by atoms with Crippen LogP contribution in [0.5, 0.6) is 0 Å². The van der Waals surface area contributed by atoms with E-state index in [0.717, 1.165) is 0 Å². The van der Waals surface area contributed by atoms with Crippen molar-refractivity contribution in [3.8, 4) is 0 Å². The summed E-state index contributed by atoms with van der Waals surface area (Å²) in [6.45, 7) is 0. The van der Waals surface area contributed by atoms with E-state index in [1.54, 1.807) is 6.07 Å². The SMILES string of the molecule is Nc1cc(Cl)c(Cl)c(Cl)c1Sc1cc(Cl)c(Cl)c(Cl)c1Cl. The van der Waals surface area contributed by atoms with Crippen molar-refractivity contribution in [1.82, 2.24) is 0 Å². The zero-order chi connectivity index (χ0) is 15.9. The monoisotopic (exact) mass is 439 g/mol. The normalized spacial score (nSPS) is 11.0. The summed E-state index contributed by atoms with van der Waals surface area (Å²) in [6, 6.07) is 3.08. The predicted octanol–water partition coefficient (Wildman–Crippen LogP) is 7.99. The second kappa shape index (κ2) is 7.02. The lowest BCUT2D eigenvalue weighted by Crippen LogP contribution is -1.91. The molecule has 2 aromatic rings. The van der Waals surface area contributed by atoms with Gasteiger partial charge in [-0.1, -0.05) is 93.0 Å². The van der Waals surface area contributed by atoms with E-state index in [4.69, 9.17) is 86.9 Å². The molecule has 0 amide bonds. The lowest BCUT2D eigenvalue weighted by molar-refractivity contribution is 1.41. The van der Waals surface area contributed by atoms with Gasteiger partial charge < -0.3 is 5.73 Å². The van der Waals surface area contributed by atoms with E-state index in [2.05, 4.69) is 0 Å². The third-order valence-corrected chi connectivity index (χ3v) is 6.85. The highest BCUT2D eigenvalue weighted by molar-refractivity contribution is 7.99. The summed E-state index contributed by atoms with van der Waals surface area (Å²) in [6.07, 6.45) is 0. The number of benzene rings is 2. The molecule has 0 aliphatic heterocycles. The van der Waals surface area contributed by atoms with Gasteiger partial charge in [-0.25, -0.2) is 0 Å². The van der Waals surface area contributed by atoms with Crippen molar-refractivity contribution in [2.24, 2.45) is 0 Å². The lowest BCUT2D eigenvalue weighted by Gasteiger charge is -2.13. The summed E-state index contributed by atoms with van der Waals surface area (Å²) in [5.41, 5.74) is 6.27. The molecule has 0 aliphatic rings. The molecule has 21 heavy (non-hydrogen) atoms. The summed E-state index contributed by atoms with van der Waals surface area (Å²) in [4.78, 5) is 1.05. The maximum absolute atomic E-state index is 6.16. The van der Waals surface area contributed by atoms with Gasteiger partial charge in [-0.15, -0.1) is 0 Å². The zero-order valence-electron chi connectivity index (χ0n) is 9.79. The van der Waals surface area contributed by atoms with Crippen LogP contribution in [0.1, 0.15) is 0 Å². The molecule has 112 valence electrons. The Kier molecular flexibility index (Phi) is 6.01. The molecule has 2 N–H and O–H groups in total. The first-order valence-corrected chi connectivity index (χ1v) is 8.64. The minimum Gasteiger partial charge on any atom is -0.398 e. The molecule has 0 aromatic heterocycles. The van der Waals surface area contributed by atoms with Crippen LogP contribution in [0.3, 0.4) is 0 Å². The summed E-state index contributed by atoms with van der Waals surface area (Å²) in [5.74, 6) is 0. The summed E-state index contributed by atoms with van der Waals surface area (Å²) in [5, 5.41) is 1.55. The minimum atomic E-state index is 0.156. The van der Waals surface area contributed by atoms with E-state index in [0.29, 0.717) is 15.5 Å². The van der Waals surface area contributed by atoms with Gasteiger partial charge >= 0.3 is 0 Å². The molecule has 0 atom stereocenters. The number of nitrogen functional groups attached to an aromatic ring is 1. The molecular formula is C12H4Cl7NS. The standard InChI is InChI=1S/C12H4Cl7NS/c13-3-1-5(20)12(11(19)8(3)16)21-6-2-4(14)7(15)10(18)9(6)17/h1-2H,20H2. The molecule has 0 radical (unpaired) electrons. The number of nitrogens with two attached hydrogens (primary N) is 1. The Morgan fingerprint density at radius 2 is 1.19 bits per heavy atom. The summed E-state index contributed by atoms with van der Waals surface area (Å²) >= 11 is 43.3. The molecule has 0 unspecified atom stereocenters. The number of anilines is 1. The van der Waals surface area contributed by atoms with E-state index >= 15 is 0 Å². The van der Waals surface area contributed by atoms with Crippen LogP contribution in [0.4, 0.5) is 5.69 Å². The Hall–Kier alpha value is 0.620. The molecule has 1 nitrogen and oxygen atoms in total. The maximum Gasteiger partial charge on any atom is 0.0805 e. The van der Waals surface area contributed by atoms with Crippen LogP contribution in [0.15, 0.2) is 21.9 Å². The van der Waals surface area contributed by atoms with Crippen molar-refractivity contribution < 1.29 is 0 Å². The molecule has 0 bridgehead atoms. The summed E-state index contributed by atoms with van der Waals surface area (Å²) < 4.78 is 0. The van der Waals surface area contributed by atoms with Crippen molar-refractivity contribution in [2.45, 2.75) is 9.79 Å².